The highest BCUT2D eigenvalue weighted by Crippen LogP contribution is 2.23. The second-order valence-electron chi connectivity index (χ2n) is 3.00. The predicted octanol–water partition coefficient (Wildman–Crippen LogP) is 1.64. The number of thioether (sulfide) groups is 1. The highest BCUT2D eigenvalue weighted by atomic mass is 35.5. The smallest absolute Gasteiger partial charge is 0.323 e. The van der Waals surface area contributed by atoms with Gasteiger partial charge in [-0.05, 0) is 12.2 Å². The molecule has 1 aliphatic heterocycles. The minimum Gasteiger partial charge on any atom is -0.432 e. The van der Waals surface area contributed by atoms with Crippen LogP contribution < -0.4 is 0 Å². The lowest BCUT2D eigenvalue weighted by Gasteiger charge is -2.26. The third kappa shape index (κ3) is 3.75. The predicted molar refractivity (Wildman–Crippen MR) is 53.1 cm³/mol. The summed E-state index contributed by atoms with van der Waals surface area (Å²) < 4.78 is 10.5. The summed E-state index contributed by atoms with van der Waals surface area (Å²) >= 11 is 7.07. The molecule has 3 nitrogen and oxygen atoms in total. The molecule has 0 aromatic rings. The van der Waals surface area contributed by atoms with Gasteiger partial charge in [0.2, 0.25) is 5.79 Å². The molecule has 0 N–H and O–H groups in total. The van der Waals surface area contributed by atoms with Crippen LogP contribution in [0, 0.1) is 0 Å². The fraction of sp³-hybridized carbons (Fsp3) is 0.875. The normalized spacial score (nSPS) is 29.4. The second kappa shape index (κ2) is 5.08. The van der Waals surface area contributed by atoms with Crippen molar-refractivity contribution in [3.8, 4) is 0 Å². The fourth-order valence-electron chi connectivity index (χ4n) is 1.08. The standard InChI is InChI=1S/C8H13ClO3S/c1-8(12-7(10)5-9)6-13-4-2-3-11-8/h2-6H2,1H3. The van der Waals surface area contributed by atoms with E-state index in [9.17, 15) is 4.79 Å². The van der Waals surface area contributed by atoms with Crippen LogP contribution in [0.15, 0.2) is 0 Å². The van der Waals surface area contributed by atoms with Gasteiger partial charge in [-0.3, -0.25) is 4.79 Å². The molecule has 0 aliphatic carbocycles. The highest BCUT2D eigenvalue weighted by molar-refractivity contribution is 7.99. The average molecular weight is 225 g/mol. The van der Waals surface area contributed by atoms with E-state index in [1.807, 2.05) is 0 Å². The van der Waals surface area contributed by atoms with Gasteiger partial charge in [-0.1, -0.05) is 0 Å². The number of hydrogen-bond acceptors (Lipinski definition) is 4. The molecule has 1 aliphatic rings. The van der Waals surface area contributed by atoms with Crippen LogP contribution >= 0.6 is 23.4 Å². The van der Waals surface area contributed by atoms with Gasteiger partial charge in [0.25, 0.3) is 0 Å². The Morgan fingerprint density at radius 2 is 2.54 bits per heavy atom. The summed E-state index contributed by atoms with van der Waals surface area (Å²) in [4.78, 5) is 11.0. The van der Waals surface area contributed by atoms with Gasteiger partial charge >= 0.3 is 5.97 Å². The van der Waals surface area contributed by atoms with Crippen LogP contribution in [0.3, 0.4) is 0 Å². The van der Waals surface area contributed by atoms with Crippen molar-refractivity contribution >= 4 is 29.3 Å². The van der Waals surface area contributed by atoms with E-state index in [2.05, 4.69) is 0 Å². The summed E-state index contributed by atoms with van der Waals surface area (Å²) in [6.07, 6.45) is 0.999. The van der Waals surface area contributed by atoms with E-state index in [1.54, 1.807) is 18.7 Å². The molecule has 0 aromatic heterocycles. The lowest BCUT2D eigenvalue weighted by molar-refractivity contribution is -0.209. The molecule has 0 amide bonds. The van der Waals surface area contributed by atoms with Crippen molar-refractivity contribution < 1.29 is 14.3 Å². The summed E-state index contributed by atoms with van der Waals surface area (Å²) in [5.41, 5.74) is 0. The molecule has 1 heterocycles. The van der Waals surface area contributed by atoms with E-state index < -0.39 is 11.8 Å². The summed E-state index contributed by atoms with van der Waals surface area (Å²) in [5, 5.41) is 0. The Labute approximate surface area is 87.1 Å². The van der Waals surface area contributed by atoms with Gasteiger partial charge in [0.05, 0.1) is 12.4 Å². The molecule has 0 bridgehead atoms. The maximum absolute atomic E-state index is 11.0. The second-order valence-corrected chi connectivity index (χ2v) is 4.37. The number of carbonyl (C=O) groups is 1. The van der Waals surface area contributed by atoms with Gasteiger partial charge < -0.3 is 9.47 Å². The first-order valence-corrected chi connectivity index (χ1v) is 5.85. The summed E-state index contributed by atoms with van der Waals surface area (Å²) in [6.45, 7) is 2.41. The quantitative estimate of drug-likeness (QED) is 0.528. The number of ether oxygens (including phenoxy) is 2. The van der Waals surface area contributed by atoms with Crippen LogP contribution in [0.1, 0.15) is 13.3 Å². The first-order chi connectivity index (χ1) is 6.16. The molecule has 0 saturated carbocycles. The number of halogens is 1. The van der Waals surface area contributed by atoms with Crippen molar-refractivity contribution in [1.29, 1.82) is 0 Å². The van der Waals surface area contributed by atoms with E-state index in [-0.39, 0.29) is 5.88 Å². The monoisotopic (exact) mass is 224 g/mol. The van der Waals surface area contributed by atoms with Crippen molar-refractivity contribution in [2.75, 3.05) is 24.0 Å². The van der Waals surface area contributed by atoms with Crippen LogP contribution in [0.2, 0.25) is 0 Å². The molecule has 0 aromatic carbocycles. The Bertz CT molecular complexity index is 178. The summed E-state index contributed by atoms with van der Waals surface area (Å²) in [6, 6.07) is 0. The zero-order valence-corrected chi connectivity index (χ0v) is 9.12. The zero-order valence-electron chi connectivity index (χ0n) is 7.55. The molecular weight excluding hydrogens is 212 g/mol. The first kappa shape index (κ1) is 11.1. The van der Waals surface area contributed by atoms with Crippen molar-refractivity contribution in [3.05, 3.63) is 0 Å². The SMILES string of the molecule is CC1(OC(=O)CCl)CSCCCO1. The molecular formula is C8H13ClO3S. The molecule has 1 rings (SSSR count). The maximum Gasteiger partial charge on any atom is 0.323 e. The lowest BCUT2D eigenvalue weighted by atomic mass is 10.3. The third-order valence-corrected chi connectivity index (χ3v) is 3.17. The molecule has 13 heavy (non-hydrogen) atoms. The van der Waals surface area contributed by atoms with Crippen LogP contribution in [-0.2, 0) is 14.3 Å². The van der Waals surface area contributed by atoms with Crippen molar-refractivity contribution in [3.63, 3.8) is 0 Å². The van der Waals surface area contributed by atoms with E-state index in [4.69, 9.17) is 21.1 Å². The first-order valence-electron chi connectivity index (χ1n) is 4.16. The molecule has 1 fully saturated rings. The van der Waals surface area contributed by atoms with Gasteiger partial charge in [-0.25, -0.2) is 0 Å². The fourth-order valence-corrected chi connectivity index (χ4v) is 2.11. The van der Waals surface area contributed by atoms with E-state index >= 15 is 0 Å². The van der Waals surface area contributed by atoms with Crippen molar-refractivity contribution in [2.45, 2.75) is 19.1 Å². The third-order valence-electron chi connectivity index (χ3n) is 1.64. The topological polar surface area (TPSA) is 35.5 Å². The Hall–Kier alpha value is 0.0700. The Balaban J connectivity index is 2.46. The zero-order chi connectivity index (χ0) is 9.73. The Morgan fingerprint density at radius 3 is 3.23 bits per heavy atom. The number of esters is 1. The van der Waals surface area contributed by atoms with Crippen LogP contribution in [0.25, 0.3) is 0 Å². The molecule has 1 unspecified atom stereocenters. The molecule has 1 atom stereocenters. The van der Waals surface area contributed by atoms with Crippen molar-refractivity contribution in [1.82, 2.24) is 0 Å². The maximum atomic E-state index is 11.0. The Kier molecular flexibility index (Phi) is 4.35. The molecule has 1 saturated heterocycles. The van der Waals surface area contributed by atoms with Crippen molar-refractivity contribution in [2.24, 2.45) is 0 Å². The van der Waals surface area contributed by atoms with Gasteiger partial charge in [-0.2, -0.15) is 11.8 Å². The van der Waals surface area contributed by atoms with E-state index in [0.717, 1.165) is 12.2 Å². The van der Waals surface area contributed by atoms with Gasteiger partial charge in [0.15, 0.2) is 0 Å². The van der Waals surface area contributed by atoms with Gasteiger partial charge in [-0.15, -0.1) is 11.6 Å². The van der Waals surface area contributed by atoms with Crippen LogP contribution in [-0.4, -0.2) is 35.7 Å². The summed E-state index contributed by atoms with van der Waals surface area (Å²) in [5.74, 6) is 0.395. The largest absolute Gasteiger partial charge is 0.432 e. The van der Waals surface area contributed by atoms with Gasteiger partial charge in [0.1, 0.15) is 5.88 Å². The highest BCUT2D eigenvalue weighted by Gasteiger charge is 2.30. The minimum atomic E-state index is -0.785. The Morgan fingerprint density at radius 1 is 1.77 bits per heavy atom. The number of rotatable bonds is 2. The van der Waals surface area contributed by atoms with E-state index in [1.165, 1.54) is 0 Å². The number of alkyl halides is 1. The summed E-state index contributed by atoms with van der Waals surface area (Å²) in [7, 11) is 0. The van der Waals surface area contributed by atoms with Crippen LogP contribution in [0.5, 0.6) is 0 Å². The minimum absolute atomic E-state index is 0.121. The van der Waals surface area contributed by atoms with Crippen LogP contribution in [0.4, 0.5) is 0 Å². The molecule has 0 radical (unpaired) electrons. The van der Waals surface area contributed by atoms with E-state index in [0.29, 0.717) is 12.4 Å². The molecule has 0 spiro atoms. The average Bonchev–Trinajstić information content (AvgIpc) is 2.30. The molecule has 76 valence electrons. The van der Waals surface area contributed by atoms with Gasteiger partial charge in [0, 0.05) is 6.92 Å². The number of hydrogen-bond donors (Lipinski definition) is 0. The number of carbonyl (C=O) groups excluding carboxylic acids is 1. The lowest BCUT2D eigenvalue weighted by Crippen LogP contribution is -2.37. The molecule has 5 heteroatoms.